The Bertz CT molecular complexity index is 373. The summed E-state index contributed by atoms with van der Waals surface area (Å²) in [4.78, 5) is 0. The van der Waals surface area contributed by atoms with Crippen LogP contribution in [0.5, 0.6) is 0 Å². The van der Waals surface area contributed by atoms with Gasteiger partial charge in [-0.3, -0.25) is 0 Å². The standard InChI is InChI=1S/C13H18N2/c1-9-6-13(9)15-8-10-2-3-12-11(7-10)4-5-14-12/h2-3,7,9,13-15H,4-6,8H2,1H3. The summed E-state index contributed by atoms with van der Waals surface area (Å²) in [5.41, 5.74) is 4.24. The molecule has 1 aromatic rings. The Morgan fingerprint density at radius 1 is 1.47 bits per heavy atom. The number of fused-ring (bicyclic) bond motifs is 1. The van der Waals surface area contributed by atoms with E-state index >= 15 is 0 Å². The lowest BCUT2D eigenvalue weighted by Gasteiger charge is -2.06. The smallest absolute Gasteiger partial charge is 0.0373 e. The highest BCUT2D eigenvalue weighted by Crippen LogP contribution is 2.29. The van der Waals surface area contributed by atoms with E-state index in [2.05, 4.69) is 35.8 Å². The van der Waals surface area contributed by atoms with E-state index in [9.17, 15) is 0 Å². The van der Waals surface area contributed by atoms with E-state index in [4.69, 9.17) is 0 Å². The molecule has 1 heterocycles. The zero-order chi connectivity index (χ0) is 10.3. The van der Waals surface area contributed by atoms with Crippen molar-refractivity contribution in [3.8, 4) is 0 Å². The van der Waals surface area contributed by atoms with E-state index in [1.807, 2.05) is 0 Å². The fourth-order valence-electron chi connectivity index (χ4n) is 2.32. The van der Waals surface area contributed by atoms with Gasteiger partial charge in [0.2, 0.25) is 0 Å². The second-order valence-corrected chi connectivity index (χ2v) is 4.87. The van der Waals surface area contributed by atoms with Crippen LogP contribution in [-0.2, 0) is 13.0 Å². The zero-order valence-corrected chi connectivity index (χ0v) is 9.22. The Kier molecular flexibility index (Phi) is 2.17. The molecule has 0 amide bonds. The Balaban J connectivity index is 1.65. The van der Waals surface area contributed by atoms with E-state index in [0.29, 0.717) is 0 Å². The topological polar surface area (TPSA) is 24.1 Å². The first kappa shape index (κ1) is 9.22. The van der Waals surface area contributed by atoms with Gasteiger partial charge in [-0.25, -0.2) is 0 Å². The molecule has 2 atom stereocenters. The van der Waals surface area contributed by atoms with Crippen molar-refractivity contribution in [2.45, 2.75) is 32.4 Å². The van der Waals surface area contributed by atoms with Crippen molar-refractivity contribution in [1.82, 2.24) is 5.32 Å². The van der Waals surface area contributed by atoms with Gasteiger partial charge >= 0.3 is 0 Å². The molecule has 1 aliphatic heterocycles. The monoisotopic (exact) mass is 202 g/mol. The number of rotatable bonds is 3. The van der Waals surface area contributed by atoms with Gasteiger partial charge < -0.3 is 10.6 Å². The van der Waals surface area contributed by atoms with Crippen molar-refractivity contribution in [1.29, 1.82) is 0 Å². The molecule has 2 aliphatic rings. The minimum Gasteiger partial charge on any atom is -0.384 e. The highest BCUT2D eigenvalue weighted by Gasteiger charge is 2.31. The summed E-state index contributed by atoms with van der Waals surface area (Å²) in [5.74, 6) is 0.890. The zero-order valence-electron chi connectivity index (χ0n) is 9.22. The van der Waals surface area contributed by atoms with Gasteiger partial charge in [0.05, 0.1) is 0 Å². The van der Waals surface area contributed by atoms with Crippen LogP contribution in [-0.4, -0.2) is 12.6 Å². The summed E-state index contributed by atoms with van der Waals surface area (Å²) in [6.07, 6.45) is 2.54. The number of hydrogen-bond donors (Lipinski definition) is 2. The van der Waals surface area contributed by atoms with Crippen molar-refractivity contribution in [2.75, 3.05) is 11.9 Å². The van der Waals surface area contributed by atoms with E-state index in [-0.39, 0.29) is 0 Å². The first-order valence-corrected chi connectivity index (χ1v) is 5.92. The summed E-state index contributed by atoms with van der Waals surface area (Å²) in [6.45, 7) is 4.44. The van der Waals surface area contributed by atoms with Crippen LogP contribution in [0.2, 0.25) is 0 Å². The molecule has 0 spiro atoms. The second kappa shape index (κ2) is 3.53. The third-order valence-electron chi connectivity index (χ3n) is 3.56. The van der Waals surface area contributed by atoms with Gasteiger partial charge in [-0.05, 0) is 36.0 Å². The predicted octanol–water partition coefficient (Wildman–Crippen LogP) is 2.15. The lowest BCUT2D eigenvalue weighted by Crippen LogP contribution is -2.17. The Morgan fingerprint density at radius 3 is 3.13 bits per heavy atom. The summed E-state index contributed by atoms with van der Waals surface area (Å²) in [5, 5.41) is 6.98. The lowest BCUT2D eigenvalue weighted by atomic mass is 10.1. The van der Waals surface area contributed by atoms with Crippen LogP contribution in [0.4, 0.5) is 5.69 Å². The van der Waals surface area contributed by atoms with Crippen LogP contribution in [0.1, 0.15) is 24.5 Å². The number of anilines is 1. The third-order valence-corrected chi connectivity index (χ3v) is 3.56. The molecule has 2 nitrogen and oxygen atoms in total. The van der Waals surface area contributed by atoms with Crippen LogP contribution in [0, 0.1) is 5.92 Å². The highest BCUT2D eigenvalue weighted by molar-refractivity contribution is 5.56. The lowest BCUT2D eigenvalue weighted by molar-refractivity contribution is 0.652. The van der Waals surface area contributed by atoms with Crippen LogP contribution >= 0.6 is 0 Å². The molecule has 1 saturated carbocycles. The molecule has 80 valence electrons. The maximum atomic E-state index is 3.59. The summed E-state index contributed by atoms with van der Waals surface area (Å²) < 4.78 is 0. The molecule has 2 heteroatoms. The Morgan fingerprint density at radius 2 is 2.33 bits per heavy atom. The molecule has 3 rings (SSSR count). The molecule has 1 aliphatic carbocycles. The molecule has 0 aromatic heterocycles. The first-order chi connectivity index (χ1) is 7.33. The van der Waals surface area contributed by atoms with E-state index in [1.54, 1.807) is 0 Å². The first-order valence-electron chi connectivity index (χ1n) is 5.92. The van der Waals surface area contributed by atoms with Gasteiger partial charge in [-0.15, -0.1) is 0 Å². The van der Waals surface area contributed by atoms with E-state index in [1.165, 1.54) is 29.7 Å². The number of nitrogens with one attached hydrogen (secondary N) is 2. The molecule has 0 saturated heterocycles. The molecule has 1 fully saturated rings. The fraction of sp³-hybridized carbons (Fsp3) is 0.538. The summed E-state index contributed by atoms with van der Waals surface area (Å²) in [7, 11) is 0. The normalized spacial score (nSPS) is 27.3. The molecule has 2 unspecified atom stereocenters. The summed E-state index contributed by atoms with van der Waals surface area (Å²) in [6, 6.07) is 7.57. The van der Waals surface area contributed by atoms with E-state index in [0.717, 1.165) is 25.0 Å². The maximum absolute atomic E-state index is 3.59. The Hall–Kier alpha value is -1.02. The van der Waals surface area contributed by atoms with Crippen molar-refractivity contribution < 1.29 is 0 Å². The molecule has 15 heavy (non-hydrogen) atoms. The molecule has 2 N–H and O–H groups in total. The molecular weight excluding hydrogens is 184 g/mol. The van der Waals surface area contributed by atoms with Crippen LogP contribution in [0.25, 0.3) is 0 Å². The third kappa shape index (κ3) is 1.86. The minimum absolute atomic E-state index is 0.774. The van der Waals surface area contributed by atoms with Crippen LogP contribution in [0.15, 0.2) is 18.2 Å². The van der Waals surface area contributed by atoms with Crippen molar-refractivity contribution in [3.63, 3.8) is 0 Å². The van der Waals surface area contributed by atoms with Crippen LogP contribution in [0.3, 0.4) is 0 Å². The highest BCUT2D eigenvalue weighted by atomic mass is 15.0. The van der Waals surface area contributed by atoms with Crippen LogP contribution < -0.4 is 10.6 Å². The quantitative estimate of drug-likeness (QED) is 0.785. The predicted molar refractivity (Wildman–Crippen MR) is 63.0 cm³/mol. The molecule has 0 radical (unpaired) electrons. The number of benzene rings is 1. The molecule has 1 aromatic carbocycles. The average Bonchev–Trinajstić information content (AvgIpc) is 2.78. The largest absolute Gasteiger partial charge is 0.384 e. The van der Waals surface area contributed by atoms with Gasteiger partial charge in [-0.2, -0.15) is 0 Å². The van der Waals surface area contributed by atoms with Gasteiger partial charge in [0, 0.05) is 24.8 Å². The molecule has 0 bridgehead atoms. The second-order valence-electron chi connectivity index (χ2n) is 4.87. The molecular formula is C13H18N2. The van der Waals surface area contributed by atoms with Crippen molar-refractivity contribution in [3.05, 3.63) is 29.3 Å². The van der Waals surface area contributed by atoms with Gasteiger partial charge in [-0.1, -0.05) is 19.1 Å². The minimum atomic E-state index is 0.774. The summed E-state index contributed by atoms with van der Waals surface area (Å²) >= 11 is 0. The fourth-order valence-corrected chi connectivity index (χ4v) is 2.32. The van der Waals surface area contributed by atoms with Crippen molar-refractivity contribution in [2.24, 2.45) is 5.92 Å². The van der Waals surface area contributed by atoms with Crippen molar-refractivity contribution >= 4 is 5.69 Å². The Labute approximate surface area is 91.1 Å². The van der Waals surface area contributed by atoms with Gasteiger partial charge in [0.15, 0.2) is 0 Å². The van der Waals surface area contributed by atoms with Gasteiger partial charge in [0.25, 0.3) is 0 Å². The average molecular weight is 202 g/mol. The SMILES string of the molecule is CC1CC1NCc1ccc2c(c1)CCN2. The number of hydrogen-bond acceptors (Lipinski definition) is 2. The maximum Gasteiger partial charge on any atom is 0.0373 e. The van der Waals surface area contributed by atoms with E-state index < -0.39 is 0 Å². The van der Waals surface area contributed by atoms with Gasteiger partial charge in [0.1, 0.15) is 0 Å².